The van der Waals surface area contributed by atoms with Crippen molar-refractivity contribution in [3.05, 3.63) is 50.9 Å². The quantitative estimate of drug-likeness (QED) is 0.647. The third-order valence-electron chi connectivity index (χ3n) is 3.91. The summed E-state index contributed by atoms with van der Waals surface area (Å²) in [5.41, 5.74) is 4.44. The van der Waals surface area contributed by atoms with Gasteiger partial charge in [0.15, 0.2) is 12.3 Å². The molecule has 3 N–H and O–H groups in total. The Kier molecular flexibility index (Phi) is 7.33. The highest BCUT2D eigenvalue weighted by Gasteiger charge is 2.24. The zero-order chi connectivity index (χ0) is 20.7. The van der Waals surface area contributed by atoms with Crippen LogP contribution in [-0.2, 0) is 16.1 Å². The van der Waals surface area contributed by atoms with Crippen molar-refractivity contribution in [2.45, 2.75) is 19.9 Å². The molecule has 2 rings (SSSR count). The van der Waals surface area contributed by atoms with Crippen molar-refractivity contribution in [1.29, 1.82) is 0 Å². The molecule has 0 saturated heterocycles. The molecule has 0 saturated carbocycles. The maximum absolute atomic E-state index is 13.3. The molecule has 1 aromatic heterocycles. The summed E-state index contributed by atoms with van der Waals surface area (Å²) in [6.45, 7) is 1.80. The van der Waals surface area contributed by atoms with Crippen LogP contribution in [0.1, 0.15) is 13.3 Å². The minimum absolute atomic E-state index is 0.0133. The van der Waals surface area contributed by atoms with E-state index in [1.54, 1.807) is 0 Å². The Labute approximate surface area is 160 Å². The van der Waals surface area contributed by atoms with E-state index in [2.05, 4.69) is 4.98 Å². The van der Waals surface area contributed by atoms with Crippen LogP contribution in [-0.4, -0.2) is 42.3 Å². The second-order valence-electron chi connectivity index (χ2n) is 5.93. The highest BCUT2D eigenvalue weighted by Crippen LogP contribution is 2.18. The van der Waals surface area contributed by atoms with Crippen LogP contribution >= 0.6 is 0 Å². The summed E-state index contributed by atoms with van der Waals surface area (Å²) in [5.74, 6) is -1.06. The summed E-state index contributed by atoms with van der Waals surface area (Å²) in [6, 6.07) is 5.33. The molecule has 0 aliphatic carbocycles. The van der Waals surface area contributed by atoms with Gasteiger partial charge in [-0.05, 0) is 18.6 Å². The van der Waals surface area contributed by atoms with Crippen molar-refractivity contribution in [2.24, 2.45) is 0 Å². The number of nitrogens with one attached hydrogen (secondary N) is 1. The number of carbonyl (C=O) groups excluding carboxylic acids is 1. The van der Waals surface area contributed by atoms with Gasteiger partial charge in [-0.2, -0.15) is 0 Å². The van der Waals surface area contributed by atoms with E-state index in [9.17, 15) is 18.8 Å². The number of hydrogen-bond donors (Lipinski definition) is 2. The van der Waals surface area contributed by atoms with Gasteiger partial charge < -0.3 is 15.2 Å². The molecule has 0 spiro atoms. The summed E-state index contributed by atoms with van der Waals surface area (Å²) < 4.78 is 24.8. The maximum Gasteiger partial charge on any atom is 0.330 e. The van der Waals surface area contributed by atoms with E-state index < -0.39 is 29.6 Å². The number of nitrogen functional groups attached to an aromatic ring is 1. The summed E-state index contributed by atoms with van der Waals surface area (Å²) in [4.78, 5) is 40.4. The molecule has 9 nitrogen and oxygen atoms in total. The normalized spacial score (nSPS) is 10.7. The topological polar surface area (TPSA) is 120 Å². The first-order valence-corrected chi connectivity index (χ1v) is 8.69. The van der Waals surface area contributed by atoms with Gasteiger partial charge in [-0.15, -0.1) is 0 Å². The molecule has 1 heterocycles. The van der Waals surface area contributed by atoms with E-state index >= 15 is 0 Å². The largest absolute Gasteiger partial charge is 0.484 e. The number of rotatable bonds is 9. The summed E-state index contributed by atoms with van der Waals surface area (Å²) in [5, 5.41) is 0. The van der Waals surface area contributed by atoms with E-state index in [4.69, 9.17) is 15.2 Å². The number of aromatic amines is 1. The second-order valence-corrected chi connectivity index (χ2v) is 5.93. The highest BCUT2D eigenvalue weighted by atomic mass is 19.1. The lowest BCUT2D eigenvalue weighted by Crippen LogP contribution is -2.44. The van der Waals surface area contributed by atoms with Gasteiger partial charge in [-0.25, -0.2) is 9.18 Å². The number of ether oxygens (including phenoxy) is 2. The lowest BCUT2D eigenvalue weighted by molar-refractivity contribution is -0.120. The number of anilines is 2. The molecule has 0 bridgehead atoms. The predicted molar refractivity (Wildman–Crippen MR) is 102 cm³/mol. The van der Waals surface area contributed by atoms with E-state index in [0.717, 1.165) is 11.0 Å². The molecule has 0 fully saturated rings. The van der Waals surface area contributed by atoms with Crippen LogP contribution in [0.3, 0.4) is 0 Å². The maximum atomic E-state index is 13.3. The molecule has 28 heavy (non-hydrogen) atoms. The first-order valence-electron chi connectivity index (χ1n) is 8.69. The zero-order valence-electron chi connectivity index (χ0n) is 15.7. The number of carbonyl (C=O) groups is 1. The zero-order valence-corrected chi connectivity index (χ0v) is 15.7. The molecular formula is C18H23FN4O5. The van der Waals surface area contributed by atoms with E-state index in [-0.39, 0.29) is 37.0 Å². The summed E-state index contributed by atoms with van der Waals surface area (Å²) >= 11 is 0. The average Bonchev–Trinajstić information content (AvgIpc) is 2.65. The van der Waals surface area contributed by atoms with Gasteiger partial charge in [-0.3, -0.25) is 24.0 Å². The fourth-order valence-corrected chi connectivity index (χ4v) is 2.61. The van der Waals surface area contributed by atoms with Crippen molar-refractivity contribution >= 4 is 17.4 Å². The van der Waals surface area contributed by atoms with E-state index in [0.29, 0.717) is 6.42 Å². The number of H-pyrrole nitrogens is 1. The number of benzene rings is 1. The van der Waals surface area contributed by atoms with Gasteiger partial charge in [0, 0.05) is 26.3 Å². The highest BCUT2D eigenvalue weighted by molar-refractivity contribution is 5.96. The van der Waals surface area contributed by atoms with E-state index in [1.165, 1.54) is 29.9 Å². The summed E-state index contributed by atoms with van der Waals surface area (Å²) in [6.07, 6.45) is 0.601. The van der Waals surface area contributed by atoms with Crippen LogP contribution in [0.2, 0.25) is 0 Å². The van der Waals surface area contributed by atoms with Gasteiger partial charge in [0.1, 0.15) is 17.4 Å². The van der Waals surface area contributed by atoms with Crippen molar-refractivity contribution in [3.8, 4) is 5.75 Å². The Bertz CT molecular complexity index is 940. The van der Waals surface area contributed by atoms with Crippen LogP contribution in [0.4, 0.5) is 15.9 Å². The number of methoxy groups -OCH3 is 1. The van der Waals surface area contributed by atoms with Crippen molar-refractivity contribution in [3.63, 3.8) is 0 Å². The molecular weight excluding hydrogens is 371 g/mol. The molecule has 0 aliphatic heterocycles. The molecule has 0 aliphatic rings. The van der Waals surface area contributed by atoms with Gasteiger partial charge in [-0.1, -0.05) is 13.0 Å². The Hall–Kier alpha value is -3.14. The number of nitrogens with zero attached hydrogens (tertiary/aromatic N) is 2. The predicted octanol–water partition coefficient (Wildman–Crippen LogP) is 0.726. The molecule has 0 atom stereocenters. The Balaban J connectivity index is 2.35. The number of amides is 1. The fraction of sp³-hybridized carbons (Fsp3) is 0.389. The van der Waals surface area contributed by atoms with Crippen molar-refractivity contribution in [1.82, 2.24) is 9.55 Å². The van der Waals surface area contributed by atoms with Gasteiger partial charge in [0.05, 0.1) is 6.61 Å². The van der Waals surface area contributed by atoms with Gasteiger partial charge in [0.2, 0.25) is 0 Å². The minimum atomic E-state index is -0.787. The van der Waals surface area contributed by atoms with Crippen LogP contribution < -0.4 is 26.6 Å². The average molecular weight is 394 g/mol. The van der Waals surface area contributed by atoms with Gasteiger partial charge in [0.25, 0.3) is 11.5 Å². The third-order valence-corrected chi connectivity index (χ3v) is 3.91. The smallest absolute Gasteiger partial charge is 0.330 e. The molecule has 152 valence electrons. The van der Waals surface area contributed by atoms with E-state index in [1.807, 2.05) is 6.92 Å². The van der Waals surface area contributed by atoms with Crippen molar-refractivity contribution in [2.75, 3.05) is 37.5 Å². The Morgan fingerprint density at radius 1 is 1.36 bits per heavy atom. The number of aromatic nitrogens is 2. The standard InChI is InChI=1S/C18H23FN4O5/c1-3-7-23-16(20)15(17(25)21-18(23)26)22(8-9-27-2)14(24)11-28-13-6-4-5-12(19)10-13/h4-6,10H,3,7-9,11,20H2,1-2H3,(H,21,25,26). The molecule has 10 heteroatoms. The van der Waals surface area contributed by atoms with Gasteiger partial charge >= 0.3 is 5.69 Å². The lowest BCUT2D eigenvalue weighted by Gasteiger charge is -2.24. The third kappa shape index (κ3) is 4.97. The van der Waals surface area contributed by atoms with Crippen LogP contribution in [0, 0.1) is 5.82 Å². The molecule has 0 unspecified atom stereocenters. The molecule has 1 amide bonds. The molecule has 0 radical (unpaired) electrons. The van der Waals surface area contributed by atoms with Crippen LogP contribution in [0.5, 0.6) is 5.75 Å². The van der Waals surface area contributed by atoms with Crippen LogP contribution in [0.15, 0.2) is 33.9 Å². The van der Waals surface area contributed by atoms with Crippen LogP contribution in [0.25, 0.3) is 0 Å². The SMILES string of the molecule is CCCn1c(N)c(N(CCOC)C(=O)COc2cccc(F)c2)c(=O)[nH]c1=O. The number of hydrogen-bond acceptors (Lipinski definition) is 6. The lowest BCUT2D eigenvalue weighted by atomic mass is 10.3. The minimum Gasteiger partial charge on any atom is -0.484 e. The fourth-order valence-electron chi connectivity index (χ4n) is 2.61. The second kappa shape index (κ2) is 9.70. The van der Waals surface area contributed by atoms with Crippen molar-refractivity contribution < 1.29 is 18.7 Å². The number of nitrogens with two attached hydrogens (primary N) is 1. The summed E-state index contributed by atoms with van der Waals surface area (Å²) in [7, 11) is 1.44. The first kappa shape index (κ1) is 21.2. The Morgan fingerprint density at radius 2 is 2.11 bits per heavy atom. The monoisotopic (exact) mass is 394 g/mol. The Morgan fingerprint density at radius 3 is 2.75 bits per heavy atom. The first-order chi connectivity index (χ1) is 13.4. The molecule has 1 aromatic carbocycles. The molecule has 2 aromatic rings. The number of halogens is 1.